The minimum Gasteiger partial charge on any atom is -0.384 e. The molecule has 16 heavy (non-hydrogen) atoms. The first-order chi connectivity index (χ1) is 7.78. The summed E-state index contributed by atoms with van der Waals surface area (Å²) >= 11 is 2.00. The predicted molar refractivity (Wildman–Crippen MR) is 71.8 cm³/mol. The van der Waals surface area contributed by atoms with Gasteiger partial charge in [-0.05, 0) is 38.0 Å². The molecule has 0 atom stereocenters. The van der Waals surface area contributed by atoms with Crippen molar-refractivity contribution in [1.29, 1.82) is 0 Å². The first-order valence-corrected chi connectivity index (χ1v) is 7.07. The van der Waals surface area contributed by atoms with Gasteiger partial charge in [-0.2, -0.15) is 11.8 Å². The topological polar surface area (TPSA) is 50.9 Å². The second-order valence-corrected chi connectivity index (χ2v) is 5.46. The lowest BCUT2D eigenvalue weighted by Crippen LogP contribution is -2.27. The molecule has 3 N–H and O–H groups in total. The van der Waals surface area contributed by atoms with E-state index < -0.39 is 0 Å². The lowest BCUT2D eigenvalue weighted by Gasteiger charge is -2.28. The number of hydrogen-bond donors (Lipinski definition) is 2. The molecular formula is C12H19N3S. The van der Waals surface area contributed by atoms with Crippen molar-refractivity contribution in [3.05, 3.63) is 18.3 Å². The van der Waals surface area contributed by atoms with Gasteiger partial charge in [0.1, 0.15) is 5.82 Å². The summed E-state index contributed by atoms with van der Waals surface area (Å²) in [5.41, 5.74) is 6.75. The zero-order valence-electron chi connectivity index (χ0n) is 9.65. The van der Waals surface area contributed by atoms with Crippen LogP contribution < -0.4 is 11.1 Å². The molecule has 0 spiro atoms. The van der Waals surface area contributed by atoms with Crippen LogP contribution in [-0.4, -0.2) is 22.5 Å². The summed E-state index contributed by atoms with van der Waals surface area (Å²) < 4.78 is 0. The van der Waals surface area contributed by atoms with Gasteiger partial charge in [0, 0.05) is 29.2 Å². The van der Waals surface area contributed by atoms with Crippen molar-refractivity contribution in [3.8, 4) is 0 Å². The number of nitrogens with zero attached hydrogens (tertiary/aromatic N) is 1. The van der Waals surface area contributed by atoms with Crippen molar-refractivity contribution < 1.29 is 0 Å². The van der Waals surface area contributed by atoms with Gasteiger partial charge in [-0.15, -0.1) is 0 Å². The van der Waals surface area contributed by atoms with Crippen LogP contribution in [0.3, 0.4) is 0 Å². The number of rotatable bonds is 3. The van der Waals surface area contributed by atoms with Crippen LogP contribution in [0.25, 0.3) is 0 Å². The second kappa shape index (κ2) is 5.43. The largest absolute Gasteiger partial charge is 0.384 e. The molecule has 3 nitrogen and oxygen atoms in total. The van der Waals surface area contributed by atoms with Gasteiger partial charge in [-0.3, -0.25) is 0 Å². The Morgan fingerprint density at radius 2 is 2.12 bits per heavy atom. The number of pyridine rings is 1. The van der Waals surface area contributed by atoms with Crippen LogP contribution in [0, 0.1) is 0 Å². The molecule has 1 heterocycles. The fourth-order valence-corrected chi connectivity index (χ4v) is 2.96. The van der Waals surface area contributed by atoms with Crippen molar-refractivity contribution in [2.24, 2.45) is 0 Å². The van der Waals surface area contributed by atoms with Crippen molar-refractivity contribution in [2.45, 2.75) is 37.0 Å². The quantitative estimate of drug-likeness (QED) is 0.848. The van der Waals surface area contributed by atoms with E-state index in [1.54, 1.807) is 6.20 Å². The summed E-state index contributed by atoms with van der Waals surface area (Å²) in [6.45, 7) is 0. The molecule has 88 valence electrons. The van der Waals surface area contributed by atoms with Crippen molar-refractivity contribution in [3.63, 3.8) is 0 Å². The fraction of sp³-hybridized carbons (Fsp3) is 0.583. The third kappa shape index (κ3) is 3.04. The highest BCUT2D eigenvalue weighted by atomic mass is 32.2. The molecule has 0 unspecified atom stereocenters. The number of thioether (sulfide) groups is 1. The average Bonchev–Trinajstić information content (AvgIpc) is 2.30. The van der Waals surface area contributed by atoms with Crippen LogP contribution in [0.4, 0.5) is 11.5 Å². The Labute approximate surface area is 101 Å². The van der Waals surface area contributed by atoms with Gasteiger partial charge in [0.2, 0.25) is 0 Å². The molecule has 1 aromatic rings. The number of nitrogens with two attached hydrogens (primary N) is 1. The van der Waals surface area contributed by atoms with Crippen molar-refractivity contribution >= 4 is 23.3 Å². The average molecular weight is 237 g/mol. The Bertz CT molecular complexity index is 335. The van der Waals surface area contributed by atoms with Gasteiger partial charge in [-0.1, -0.05) is 0 Å². The molecule has 0 saturated heterocycles. The Hall–Kier alpha value is -0.900. The van der Waals surface area contributed by atoms with Gasteiger partial charge in [0.25, 0.3) is 0 Å². The monoisotopic (exact) mass is 237 g/mol. The highest BCUT2D eigenvalue weighted by Gasteiger charge is 2.20. The Morgan fingerprint density at radius 1 is 1.38 bits per heavy atom. The van der Waals surface area contributed by atoms with E-state index >= 15 is 0 Å². The molecule has 0 amide bonds. The third-order valence-corrected chi connectivity index (χ3v) is 4.30. The SMILES string of the molecule is CSC1CCC(Nc2ccnc(N)c2)CC1. The van der Waals surface area contributed by atoms with Crippen LogP contribution in [0.5, 0.6) is 0 Å². The molecule has 1 aromatic heterocycles. The molecule has 1 aliphatic rings. The lowest BCUT2D eigenvalue weighted by molar-refractivity contribution is 0.473. The minimum atomic E-state index is 0.586. The van der Waals surface area contributed by atoms with Crippen molar-refractivity contribution in [1.82, 2.24) is 4.98 Å². The van der Waals surface area contributed by atoms with E-state index in [1.807, 2.05) is 23.9 Å². The van der Waals surface area contributed by atoms with E-state index in [0.717, 1.165) is 10.9 Å². The van der Waals surface area contributed by atoms with Crippen LogP contribution >= 0.6 is 11.8 Å². The molecule has 0 radical (unpaired) electrons. The number of anilines is 2. The molecule has 0 aromatic carbocycles. The lowest BCUT2D eigenvalue weighted by atomic mass is 9.95. The third-order valence-electron chi connectivity index (χ3n) is 3.16. The van der Waals surface area contributed by atoms with Gasteiger partial charge in [-0.25, -0.2) is 4.98 Å². The van der Waals surface area contributed by atoms with Gasteiger partial charge in [0.05, 0.1) is 0 Å². The summed E-state index contributed by atoms with van der Waals surface area (Å²) in [6, 6.07) is 4.49. The maximum atomic E-state index is 5.65. The predicted octanol–water partition coefficient (Wildman–Crippen LogP) is 2.75. The van der Waals surface area contributed by atoms with Crippen LogP contribution in [0.1, 0.15) is 25.7 Å². The number of hydrogen-bond acceptors (Lipinski definition) is 4. The summed E-state index contributed by atoms with van der Waals surface area (Å²) in [7, 11) is 0. The first kappa shape index (κ1) is 11.6. The van der Waals surface area contributed by atoms with Crippen LogP contribution in [0.2, 0.25) is 0 Å². The van der Waals surface area contributed by atoms with Crippen LogP contribution in [-0.2, 0) is 0 Å². The molecule has 1 aliphatic carbocycles. The van der Waals surface area contributed by atoms with Crippen LogP contribution in [0.15, 0.2) is 18.3 Å². The smallest absolute Gasteiger partial charge is 0.125 e. The Balaban J connectivity index is 1.87. The zero-order chi connectivity index (χ0) is 11.4. The molecule has 2 rings (SSSR count). The van der Waals surface area contributed by atoms with E-state index in [2.05, 4.69) is 16.6 Å². The highest BCUT2D eigenvalue weighted by molar-refractivity contribution is 7.99. The molecule has 1 fully saturated rings. The molecular weight excluding hydrogens is 218 g/mol. The highest BCUT2D eigenvalue weighted by Crippen LogP contribution is 2.28. The van der Waals surface area contributed by atoms with E-state index in [1.165, 1.54) is 25.7 Å². The molecule has 1 saturated carbocycles. The van der Waals surface area contributed by atoms with E-state index in [-0.39, 0.29) is 0 Å². The summed E-state index contributed by atoms with van der Waals surface area (Å²) in [5.74, 6) is 0.586. The Kier molecular flexibility index (Phi) is 3.93. The Morgan fingerprint density at radius 3 is 2.75 bits per heavy atom. The van der Waals surface area contributed by atoms with Crippen molar-refractivity contribution in [2.75, 3.05) is 17.3 Å². The van der Waals surface area contributed by atoms with Gasteiger partial charge >= 0.3 is 0 Å². The molecule has 4 heteroatoms. The fourth-order valence-electron chi connectivity index (χ4n) is 2.22. The van der Waals surface area contributed by atoms with E-state index in [9.17, 15) is 0 Å². The summed E-state index contributed by atoms with van der Waals surface area (Å²) in [5, 5.41) is 4.40. The number of nitrogen functional groups attached to an aromatic ring is 1. The first-order valence-electron chi connectivity index (χ1n) is 5.79. The number of nitrogens with one attached hydrogen (secondary N) is 1. The van der Waals surface area contributed by atoms with E-state index in [0.29, 0.717) is 11.9 Å². The molecule has 0 aliphatic heterocycles. The zero-order valence-corrected chi connectivity index (χ0v) is 10.5. The maximum Gasteiger partial charge on any atom is 0.125 e. The second-order valence-electron chi connectivity index (χ2n) is 4.32. The normalized spacial score (nSPS) is 25.3. The summed E-state index contributed by atoms with van der Waals surface area (Å²) in [6.07, 6.45) is 9.12. The van der Waals surface area contributed by atoms with E-state index in [4.69, 9.17) is 5.73 Å². The maximum absolute atomic E-state index is 5.65. The van der Waals surface area contributed by atoms with Gasteiger partial charge < -0.3 is 11.1 Å². The molecule has 0 bridgehead atoms. The van der Waals surface area contributed by atoms with Gasteiger partial charge in [0.15, 0.2) is 0 Å². The summed E-state index contributed by atoms with van der Waals surface area (Å²) in [4.78, 5) is 3.99. The minimum absolute atomic E-state index is 0.586. The number of aromatic nitrogens is 1. The standard InChI is InChI=1S/C12H19N3S/c1-16-11-4-2-9(3-5-11)15-10-6-7-14-12(13)8-10/h6-9,11H,2-5H2,1H3,(H3,13,14,15).